The van der Waals surface area contributed by atoms with Crippen LogP contribution in [0.4, 0.5) is 17.1 Å². The summed E-state index contributed by atoms with van der Waals surface area (Å²) < 4.78 is 6.71. The molecular formula is C33H38N4O5. The lowest BCUT2D eigenvalue weighted by Gasteiger charge is -2.37. The van der Waals surface area contributed by atoms with Gasteiger partial charge in [-0.05, 0) is 57.2 Å². The van der Waals surface area contributed by atoms with Crippen molar-refractivity contribution in [2.45, 2.75) is 44.6 Å². The van der Waals surface area contributed by atoms with Crippen molar-refractivity contribution in [1.82, 2.24) is 4.90 Å². The zero-order valence-electron chi connectivity index (χ0n) is 24.3. The molecule has 1 unspecified atom stereocenters. The smallest absolute Gasteiger partial charge is 0.253 e. The molecule has 0 aromatic heterocycles. The summed E-state index contributed by atoms with van der Waals surface area (Å²) in [5.41, 5.74) is 1.17. The van der Waals surface area contributed by atoms with Gasteiger partial charge < -0.3 is 29.4 Å². The zero-order chi connectivity index (χ0) is 29.6. The molecule has 0 radical (unpaired) electrons. The summed E-state index contributed by atoms with van der Waals surface area (Å²) >= 11 is 0. The number of fused-ring (bicyclic) bond motifs is 2. The number of hydrogen-bond acceptors (Lipinski definition) is 6. The Morgan fingerprint density at radius 1 is 0.905 bits per heavy atom. The van der Waals surface area contributed by atoms with Crippen LogP contribution in [-0.4, -0.2) is 84.3 Å². The average Bonchev–Trinajstić information content (AvgIpc) is 3.34. The minimum absolute atomic E-state index is 0.211. The maximum atomic E-state index is 14.5. The predicted molar refractivity (Wildman–Crippen MR) is 161 cm³/mol. The van der Waals surface area contributed by atoms with Gasteiger partial charge in [-0.2, -0.15) is 0 Å². The van der Waals surface area contributed by atoms with Gasteiger partial charge in [0.2, 0.25) is 11.8 Å². The lowest BCUT2D eigenvalue weighted by Crippen LogP contribution is -2.57. The molecule has 3 amide bonds. The molecule has 1 N–H and O–H groups in total. The number of ether oxygens (including phenoxy) is 1. The standard InChI is InChI=1S/C33H38N4O5/c1-4-34(5-2)23-14-16-25(17-15-23)36-20-10-18-33-28(31(40)37(22(3)21-38)29(33)32(36)41)27-26(42-33)13-9-19-35(30(27)39)24-11-7-6-8-12-24/h6-18,22,26-29,38H,4-5,19-21H2,1-3H3/t22-,26+,27-,28+,29?,33+/m1/s1. The number of carbonyl (C=O) groups excluding carboxylic acids is 3. The van der Waals surface area contributed by atoms with E-state index in [9.17, 15) is 19.5 Å². The van der Waals surface area contributed by atoms with Gasteiger partial charge in [-0.25, -0.2) is 0 Å². The van der Waals surface area contributed by atoms with E-state index in [4.69, 9.17) is 4.74 Å². The molecule has 1 spiro atoms. The lowest BCUT2D eigenvalue weighted by molar-refractivity contribution is -0.143. The van der Waals surface area contributed by atoms with Crippen LogP contribution in [0.5, 0.6) is 0 Å². The maximum Gasteiger partial charge on any atom is 0.253 e. The molecule has 9 nitrogen and oxygen atoms in total. The summed E-state index contributed by atoms with van der Waals surface area (Å²) in [4.78, 5) is 50.1. The third-order valence-electron chi connectivity index (χ3n) is 9.19. The number of amides is 3. The second-order valence-electron chi connectivity index (χ2n) is 11.4. The second kappa shape index (κ2) is 11.0. The number of carbonyl (C=O) groups is 3. The van der Waals surface area contributed by atoms with Gasteiger partial charge in [0.05, 0.1) is 30.6 Å². The highest BCUT2D eigenvalue weighted by Crippen LogP contribution is 2.54. The van der Waals surface area contributed by atoms with E-state index in [0.717, 1.165) is 24.5 Å². The minimum Gasteiger partial charge on any atom is -0.394 e. The molecule has 0 saturated carbocycles. The molecule has 4 heterocycles. The highest BCUT2D eigenvalue weighted by molar-refractivity contribution is 6.07. The Labute approximate surface area is 246 Å². The molecule has 220 valence electrons. The quantitative estimate of drug-likeness (QED) is 0.515. The van der Waals surface area contributed by atoms with E-state index in [1.165, 1.54) is 4.90 Å². The van der Waals surface area contributed by atoms with Gasteiger partial charge in [-0.3, -0.25) is 14.4 Å². The van der Waals surface area contributed by atoms with E-state index < -0.39 is 35.6 Å². The number of para-hydroxylation sites is 1. The van der Waals surface area contributed by atoms with Crippen molar-refractivity contribution < 1.29 is 24.2 Å². The molecule has 2 aromatic rings. The summed E-state index contributed by atoms with van der Waals surface area (Å²) in [5, 5.41) is 10.2. The third kappa shape index (κ3) is 4.25. The second-order valence-corrected chi connectivity index (χ2v) is 11.4. The fourth-order valence-electron chi connectivity index (χ4n) is 7.14. The van der Waals surface area contributed by atoms with Gasteiger partial charge in [-0.15, -0.1) is 0 Å². The van der Waals surface area contributed by atoms with Gasteiger partial charge in [0.1, 0.15) is 11.6 Å². The Morgan fingerprint density at radius 2 is 1.55 bits per heavy atom. The SMILES string of the molecule is CCN(CC)c1ccc(N2CC=C[C@]34O[C@H]5C=CCN(c6ccccc6)C(=O)[C@H]5[C@H]3C(=O)N([C@H](C)CO)C4C2=O)cc1. The van der Waals surface area contributed by atoms with Crippen LogP contribution in [0.15, 0.2) is 78.9 Å². The summed E-state index contributed by atoms with van der Waals surface area (Å²) in [7, 11) is 0. The van der Waals surface area contributed by atoms with Crippen molar-refractivity contribution in [2.24, 2.45) is 11.8 Å². The van der Waals surface area contributed by atoms with Gasteiger partial charge in [0.15, 0.2) is 0 Å². The topological polar surface area (TPSA) is 93.6 Å². The number of anilines is 3. The van der Waals surface area contributed by atoms with Crippen LogP contribution in [0.3, 0.4) is 0 Å². The van der Waals surface area contributed by atoms with Gasteiger partial charge in [0, 0.05) is 43.2 Å². The maximum absolute atomic E-state index is 14.5. The number of rotatable bonds is 7. The van der Waals surface area contributed by atoms with E-state index in [-0.39, 0.29) is 24.3 Å². The number of nitrogens with zero attached hydrogens (tertiary/aromatic N) is 4. The molecule has 6 rings (SSSR count). The van der Waals surface area contributed by atoms with E-state index in [1.54, 1.807) is 16.7 Å². The average molecular weight is 571 g/mol. The van der Waals surface area contributed by atoms with Crippen LogP contribution in [0.2, 0.25) is 0 Å². The molecule has 0 bridgehead atoms. The first-order chi connectivity index (χ1) is 20.4. The van der Waals surface area contributed by atoms with E-state index >= 15 is 0 Å². The first kappa shape index (κ1) is 28.2. The van der Waals surface area contributed by atoms with Gasteiger partial charge in [0.25, 0.3) is 5.91 Å². The number of benzene rings is 2. The highest BCUT2D eigenvalue weighted by Gasteiger charge is 2.72. The highest BCUT2D eigenvalue weighted by atomic mass is 16.5. The van der Waals surface area contributed by atoms with Crippen LogP contribution in [0, 0.1) is 11.8 Å². The largest absolute Gasteiger partial charge is 0.394 e. The number of aliphatic hydroxyl groups excluding tert-OH is 1. The van der Waals surface area contributed by atoms with E-state index in [1.807, 2.05) is 78.9 Å². The predicted octanol–water partition coefficient (Wildman–Crippen LogP) is 3.00. The molecule has 2 aromatic carbocycles. The molecule has 42 heavy (non-hydrogen) atoms. The number of aliphatic hydroxyl groups is 1. The lowest BCUT2D eigenvalue weighted by atomic mass is 9.77. The Kier molecular flexibility index (Phi) is 7.41. The summed E-state index contributed by atoms with van der Waals surface area (Å²) in [6.07, 6.45) is 6.79. The molecule has 2 fully saturated rings. The third-order valence-corrected chi connectivity index (χ3v) is 9.19. The van der Waals surface area contributed by atoms with Crippen molar-refractivity contribution >= 4 is 34.8 Å². The molecule has 2 saturated heterocycles. The van der Waals surface area contributed by atoms with E-state index in [0.29, 0.717) is 18.8 Å². The number of hydrogen-bond donors (Lipinski definition) is 1. The van der Waals surface area contributed by atoms with Crippen molar-refractivity contribution in [1.29, 1.82) is 0 Å². The van der Waals surface area contributed by atoms with Crippen molar-refractivity contribution in [3.05, 3.63) is 78.9 Å². The van der Waals surface area contributed by atoms with Crippen LogP contribution in [0.1, 0.15) is 20.8 Å². The van der Waals surface area contributed by atoms with E-state index in [2.05, 4.69) is 18.7 Å². The number of likely N-dealkylation sites (tertiary alicyclic amines) is 1. The van der Waals surface area contributed by atoms with Crippen LogP contribution in [-0.2, 0) is 19.1 Å². The molecule has 4 aliphatic heterocycles. The van der Waals surface area contributed by atoms with Crippen LogP contribution >= 0.6 is 0 Å². The molecular weight excluding hydrogens is 532 g/mol. The fraction of sp³-hybridized carbons (Fsp3) is 0.424. The minimum atomic E-state index is -1.34. The first-order valence-electron chi connectivity index (χ1n) is 14.8. The van der Waals surface area contributed by atoms with Crippen LogP contribution < -0.4 is 14.7 Å². The normalized spacial score (nSPS) is 29.2. The zero-order valence-corrected chi connectivity index (χ0v) is 24.3. The summed E-state index contributed by atoms with van der Waals surface area (Å²) in [6, 6.07) is 15.6. The monoisotopic (exact) mass is 570 g/mol. The van der Waals surface area contributed by atoms with Crippen molar-refractivity contribution in [2.75, 3.05) is 47.5 Å². The van der Waals surface area contributed by atoms with Crippen LogP contribution in [0.25, 0.3) is 0 Å². The summed E-state index contributed by atoms with van der Waals surface area (Å²) in [6.45, 7) is 8.01. The molecule has 4 aliphatic rings. The Bertz CT molecular complexity index is 1410. The van der Waals surface area contributed by atoms with Crippen molar-refractivity contribution in [3.63, 3.8) is 0 Å². The van der Waals surface area contributed by atoms with Gasteiger partial charge >= 0.3 is 0 Å². The Morgan fingerprint density at radius 3 is 2.21 bits per heavy atom. The Hall–Kier alpha value is -3.95. The fourth-order valence-corrected chi connectivity index (χ4v) is 7.14. The first-order valence-corrected chi connectivity index (χ1v) is 14.8. The van der Waals surface area contributed by atoms with Gasteiger partial charge in [-0.1, -0.05) is 42.5 Å². The summed E-state index contributed by atoms with van der Waals surface area (Å²) in [5.74, 6) is -2.57. The Balaban J connectivity index is 1.40. The molecule has 0 aliphatic carbocycles. The molecule has 9 heteroatoms. The molecule has 6 atom stereocenters. The van der Waals surface area contributed by atoms with Crippen molar-refractivity contribution in [3.8, 4) is 0 Å².